The maximum Gasteiger partial charge on any atom is 0.169 e. The van der Waals surface area contributed by atoms with E-state index in [9.17, 15) is 5.11 Å². The molecular weight excluding hydrogens is 318 g/mol. The van der Waals surface area contributed by atoms with Crippen LogP contribution >= 0.6 is 0 Å². The summed E-state index contributed by atoms with van der Waals surface area (Å²) >= 11 is 0. The molecule has 130 valence electrons. The summed E-state index contributed by atoms with van der Waals surface area (Å²) in [6.07, 6.45) is 0.885. The van der Waals surface area contributed by atoms with Crippen LogP contribution in [0.5, 0.6) is 23.0 Å². The average molecular weight is 339 g/mol. The second-order valence-electron chi connectivity index (χ2n) is 6.33. The average Bonchev–Trinajstić information content (AvgIpc) is 2.63. The number of phenols is 1. The zero-order valence-electron chi connectivity index (χ0n) is 14.8. The normalized spacial score (nSPS) is 13.4. The third kappa shape index (κ3) is 2.15. The van der Waals surface area contributed by atoms with E-state index in [1.807, 2.05) is 18.2 Å². The van der Waals surface area contributed by atoms with Gasteiger partial charge in [0, 0.05) is 30.1 Å². The van der Waals surface area contributed by atoms with Gasteiger partial charge < -0.3 is 24.2 Å². The minimum absolute atomic E-state index is 0.169. The lowest BCUT2D eigenvalue weighted by Crippen LogP contribution is -2.24. The number of aromatic hydroxyl groups is 1. The predicted molar refractivity (Wildman–Crippen MR) is 99.7 cm³/mol. The number of fused-ring (bicyclic) bond motifs is 2. The van der Waals surface area contributed by atoms with Crippen molar-refractivity contribution in [1.82, 2.24) is 0 Å². The number of likely N-dealkylation sites (N-methyl/N-ethyl adjacent to an activating group) is 1. The maximum atomic E-state index is 10.5. The molecule has 5 nitrogen and oxygen atoms in total. The summed E-state index contributed by atoms with van der Waals surface area (Å²) in [5, 5.41) is 14.5. The molecule has 0 aliphatic carbocycles. The number of nitrogens with zero attached hydrogens (tertiary/aromatic N) is 1. The zero-order valence-corrected chi connectivity index (χ0v) is 14.8. The van der Waals surface area contributed by atoms with E-state index in [2.05, 4.69) is 18.0 Å². The topological polar surface area (TPSA) is 51.2 Å². The van der Waals surface area contributed by atoms with Gasteiger partial charge in [-0.3, -0.25) is 0 Å². The molecule has 4 rings (SSSR count). The standard InChI is InChI=1S/C20H21NO4/c1-21-6-5-11-8-15(22)20(25-4)19-13-10-17(24-3)16(23-2)9-12(13)7-14(21)18(11)19/h7-10,22H,5-6H2,1-4H3. The van der Waals surface area contributed by atoms with E-state index in [0.29, 0.717) is 17.2 Å². The molecule has 0 atom stereocenters. The largest absolute Gasteiger partial charge is 0.504 e. The van der Waals surface area contributed by atoms with Gasteiger partial charge in [0.2, 0.25) is 0 Å². The molecule has 1 aliphatic heterocycles. The number of ether oxygens (including phenoxy) is 3. The number of anilines is 1. The van der Waals surface area contributed by atoms with Gasteiger partial charge in [-0.05, 0) is 47.0 Å². The van der Waals surface area contributed by atoms with Crippen molar-refractivity contribution in [3.8, 4) is 23.0 Å². The Labute approximate surface area is 146 Å². The first-order chi connectivity index (χ1) is 12.1. The third-order valence-electron chi connectivity index (χ3n) is 5.05. The molecule has 1 heterocycles. The third-order valence-corrected chi connectivity index (χ3v) is 5.05. The van der Waals surface area contributed by atoms with Crippen LogP contribution in [0.3, 0.4) is 0 Å². The molecule has 3 aromatic rings. The van der Waals surface area contributed by atoms with Gasteiger partial charge in [-0.1, -0.05) is 0 Å². The van der Waals surface area contributed by atoms with Crippen LogP contribution in [0.1, 0.15) is 5.56 Å². The van der Waals surface area contributed by atoms with Crippen LogP contribution in [0.15, 0.2) is 24.3 Å². The summed E-state index contributed by atoms with van der Waals surface area (Å²) in [6, 6.07) is 7.91. The summed E-state index contributed by atoms with van der Waals surface area (Å²) in [4.78, 5) is 2.24. The first-order valence-electron chi connectivity index (χ1n) is 8.21. The number of methoxy groups -OCH3 is 3. The van der Waals surface area contributed by atoms with E-state index in [1.165, 1.54) is 0 Å². The van der Waals surface area contributed by atoms with Gasteiger partial charge in [0.15, 0.2) is 23.0 Å². The number of rotatable bonds is 3. The summed E-state index contributed by atoms with van der Waals surface area (Å²) in [5.74, 6) is 2.00. The number of phenolic OH excluding ortho intramolecular Hbond substituents is 1. The van der Waals surface area contributed by atoms with Crippen LogP contribution in [-0.4, -0.2) is 40.0 Å². The van der Waals surface area contributed by atoms with Crippen molar-refractivity contribution in [2.45, 2.75) is 6.42 Å². The van der Waals surface area contributed by atoms with Crippen molar-refractivity contribution in [2.75, 3.05) is 39.8 Å². The summed E-state index contributed by atoms with van der Waals surface area (Å²) in [5.41, 5.74) is 2.27. The van der Waals surface area contributed by atoms with Gasteiger partial charge in [-0.25, -0.2) is 0 Å². The predicted octanol–water partition coefficient (Wildman–Crippen LogP) is 3.72. The lowest BCUT2D eigenvalue weighted by atomic mass is 9.91. The van der Waals surface area contributed by atoms with Crippen molar-refractivity contribution in [3.63, 3.8) is 0 Å². The second kappa shape index (κ2) is 5.62. The van der Waals surface area contributed by atoms with Crippen molar-refractivity contribution in [3.05, 3.63) is 29.8 Å². The van der Waals surface area contributed by atoms with Crippen LogP contribution in [-0.2, 0) is 6.42 Å². The van der Waals surface area contributed by atoms with Gasteiger partial charge in [-0.15, -0.1) is 0 Å². The summed E-state index contributed by atoms with van der Waals surface area (Å²) in [6.45, 7) is 0.909. The van der Waals surface area contributed by atoms with Crippen LogP contribution in [0, 0.1) is 0 Å². The molecule has 0 aromatic heterocycles. The molecule has 5 heteroatoms. The van der Waals surface area contributed by atoms with E-state index in [1.54, 1.807) is 21.3 Å². The Kier molecular flexibility index (Phi) is 3.53. The molecular formula is C20H21NO4. The van der Waals surface area contributed by atoms with Gasteiger partial charge in [0.05, 0.1) is 21.3 Å². The molecule has 0 bridgehead atoms. The Bertz CT molecular complexity index is 997. The first kappa shape index (κ1) is 15.7. The van der Waals surface area contributed by atoms with Gasteiger partial charge in [-0.2, -0.15) is 0 Å². The second-order valence-corrected chi connectivity index (χ2v) is 6.33. The molecule has 0 fully saturated rings. The molecule has 0 amide bonds. The Hall–Kier alpha value is -2.82. The highest BCUT2D eigenvalue weighted by Gasteiger charge is 2.24. The smallest absolute Gasteiger partial charge is 0.169 e. The SMILES string of the molecule is COc1cc2cc3c4c(cc(O)c(OC)c4c2cc1OC)CCN3C. The molecule has 0 spiro atoms. The minimum atomic E-state index is 0.169. The van der Waals surface area contributed by atoms with Gasteiger partial charge in [0.1, 0.15) is 0 Å². The molecule has 0 saturated carbocycles. The monoisotopic (exact) mass is 339 g/mol. The Morgan fingerprint density at radius 3 is 2.32 bits per heavy atom. The minimum Gasteiger partial charge on any atom is -0.504 e. The quantitative estimate of drug-likeness (QED) is 0.737. The van der Waals surface area contributed by atoms with Gasteiger partial charge in [0.25, 0.3) is 0 Å². The number of hydrogen-bond donors (Lipinski definition) is 1. The fourth-order valence-electron chi connectivity index (χ4n) is 3.82. The Morgan fingerprint density at radius 1 is 0.920 bits per heavy atom. The molecule has 1 aliphatic rings. The number of benzene rings is 3. The zero-order chi connectivity index (χ0) is 17.7. The molecule has 0 unspecified atom stereocenters. The Morgan fingerprint density at radius 2 is 1.64 bits per heavy atom. The van der Waals surface area contributed by atoms with Crippen LogP contribution in [0.2, 0.25) is 0 Å². The maximum absolute atomic E-state index is 10.5. The van der Waals surface area contributed by atoms with E-state index in [4.69, 9.17) is 14.2 Å². The van der Waals surface area contributed by atoms with Crippen molar-refractivity contribution < 1.29 is 19.3 Å². The molecule has 0 saturated heterocycles. The Balaban J connectivity index is 2.25. The highest BCUT2D eigenvalue weighted by molar-refractivity contribution is 6.18. The first-order valence-corrected chi connectivity index (χ1v) is 8.21. The van der Waals surface area contributed by atoms with Crippen molar-refractivity contribution >= 4 is 27.2 Å². The van der Waals surface area contributed by atoms with Crippen LogP contribution in [0.4, 0.5) is 5.69 Å². The fourth-order valence-corrected chi connectivity index (χ4v) is 3.82. The molecule has 0 radical (unpaired) electrons. The highest BCUT2D eigenvalue weighted by Crippen LogP contribution is 2.48. The fraction of sp³-hybridized carbons (Fsp3) is 0.300. The van der Waals surface area contributed by atoms with E-state index in [-0.39, 0.29) is 5.75 Å². The van der Waals surface area contributed by atoms with Crippen LogP contribution in [0.25, 0.3) is 21.5 Å². The summed E-state index contributed by atoms with van der Waals surface area (Å²) < 4.78 is 16.5. The van der Waals surface area contributed by atoms with Crippen molar-refractivity contribution in [1.29, 1.82) is 0 Å². The van der Waals surface area contributed by atoms with E-state index < -0.39 is 0 Å². The van der Waals surface area contributed by atoms with Crippen molar-refractivity contribution in [2.24, 2.45) is 0 Å². The molecule has 1 N–H and O–H groups in total. The van der Waals surface area contributed by atoms with E-state index >= 15 is 0 Å². The molecule has 25 heavy (non-hydrogen) atoms. The van der Waals surface area contributed by atoms with E-state index in [0.717, 1.165) is 45.8 Å². The summed E-state index contributed by atoms with van der Waals surface area (Å²) in [7, 11) is 6.93. The number of hydrogen-bond acceptors (Lipinski definition) is 5. The lowest BCUT2D eigenvalue weighted by molar-refractivity contribution is 0.356. The highest BCUT2D eigenvalue weighted by atomic mass is 16.5. The molecule has 3 aromatic carbocycles. The lowest BCUT2D eigenvalue weighted by Gasteiger charge is -2.29. The van der Waals surface area contributed by atoms with Crippen LogP contribution < -0.4 is 19.1 Å². The van der Waals surface area contributed by atoms with Gasteiger partial charge >= 0.3 is 0 Å².